The van der Waals surface area contributed by atoms with Crippen LogP contribution in [-0.4, -0.2) is 49.7 Å². The van der Waals surface area contributed by atoms with E-state index in [1.807, 2.05) is 4.90 Å². The second-order valence-electron chi connectivity index (χ2n) is 7.39. The molecule has 1 aromatic rings. The minimum Gasteiger partial charge on any atom is -0.378 e. The molecule has 0 aromatic heterocycles. The van der Waals surface area contributed by atoms with E-state index < -0.39 is 0 Å². The number of carbonyl (C=O) groups excluding carboxylic acids is 1. The number of amides is 1. The van der Waals surface area contributed by atoms with E-state index in [2.05, 4.69) is 43.4 Å². The zero-order valence-corrected chi connectivity index (χ0v) is 15.0. The van der Waals surface area contributed by atoms with Crippen molar-refractivity contribution in [3.63, 3.8) is 0 Å². The lowest BCUT2D eigenvalue weighted by Crippen LogP contribution is -2.45. The number of hydrogen-bond donors (Lipinski definition) is 1. The number of morpholine rings is 1. The molecule has 1 amide bonds. The first-order chi connectivity index (χ1) is 11.6. The van der Waals surface area contributed by atoms with Crippen molar-refractivity contribution >= 4 is 5.91 Å². The van der Waals surface area contributed by atoms with E-state index in [0.29, 0.717) is 37.5 Å². The Morgan fingerprint density at radius 2 is 2.12 bits per heavy atom. The average Bonchev–Trinajstić information content (AvgIpc) is 2.63. The maximum atomic E-state index is 12.5. The van der Waals surface area contributed by atoms with Crippen molar-refractivity contribution in [3.8, 4) is 0 Å². The number of hydrogen-bond acceptors (Lipinski definition) is 3. The SMILES string of the molecule is CC(C)c1cccc(C2CCN[C@H](CC(=O)N3CCOCC3)C2)c1. The van der Waals surface area contributed by atoms with E-state index in [1.165, 1.54) is 11.1 Å². The van der Waals surface area contributed by atoms with Gasteiger partial charge in [0.1, 0.15) is 0 Å². The highest BCUT2D eigenvalue weighted by Crippen LogP contribution is 2.30. The van der Waals surface area contributed by atoms with E-state index in [0.717, 1.165) is 32.5 Å². The van der Waals surface area contributed by atoms with Crippen LogP contribution < -0.4 is 5.32 Å². The van der Waals surface area contributed by atoms with Gasteiger partial charge in [0.25, 0.3) is 0 Å². The molecule has 2 aliphatic rings. The topological polar surface area (TPSA) is 41.6 Å². The van der Waals surface area contributed by atoms with Crippen LogP contribution in [0.5, 0.6) is 0 Å². The van der Waals surface area contributed by atoms with Gasteiger partial charge in [0.2, 0.25) is 5.91 Å². The quantitative estimate of drug-likeness (QED) is 0.923. The van der Waals surface area contributed by atoms with Gasteiger partial charge in [0.15, 0.2) is 0 Å². The van der Waals surface area contributed by atoms with Crippen LogP contribution in [0.3, 0.4) is 0 Å². The average molecular weight is 330 g/mol. The highest BCUT2D eigenvalue weighted by Gasteiger charge is 2.27. The molecule has 0 spiro atoms. The van der Waals surface area contributed by atoms with Crippen molar-refractivity contribution in [1.82, 2.24) is 10.2 Å². The first kappa shape index (κ1) is 17.4. The van der Waals surface area contributed by atoms with E-state index in [-0.39, 0.29) is 5.91 Å². The predicted octanol–water partition coefficient (Wildman–Crippen LogP) is 2.89. The highest BCUT2D eigenvalue weighted by molar-refractivity contribution is 5.77. The summed E-state index contributed by atoms with van der Waals surface area (Å²) >= 11 is 0. The van der Waals surface area contributed by atoms with Gasteiger partial charge in [0, 0.05) is 25.6 Å². The molecule has 0 aliphatic carbocycles. The molecule has 1 N–H and O–H groups in total. The normalized spacial score (nSPS) is 25.0. The number of nitrogens with one attached hydrogen (secondary N) is 1. The first-order valence-electron chi connectivity index (χ1n) is 9.32. The molecule has 2 saturated heterocycles. The predicted molar refractivity (Wildman–Crippen MR) is 96.3 cm³/mol. The number of nitrogens with zero attached hydrogens (tertiary/aromatic N) is 1. The standard InChI is InChI=1S/C20H30N2O2/c1-15(2)16-4-3-5-17(12-16)18-6-7-21-19(13-18)14-20(23)22-8-10-24-11-9-22/h3-5,12,15,18-19,21H,6-11,13-14H2,1-2H3/t18?,19-/m0/s1. The maximum absolute atomic E-state index is 12.5. The summed E-state index contributed by atoms with van der Waals surface area (Å²) in [5, 5.41) is 3.55. The van der Waals surface area contributed by atoms with E-state index in [4.69, 9.17) is 4.74 Å². The monoisotopic (exact) mass is 330 g/mol. The van der Waals surface area contributed by atoms with Gasteiger partial charge in [0.05, 0.1) is 13.2 Å². The Morgan fingerprint density at radius 1 is 1.33 bits per heavy atom. The molecule has 1 aromatic carbocycles. The van der Waals surface area contributed by atoms with Crippen molar-refractivity contribution < 1.29 is 9.53 Å². The molecule has 0 bridgehead atoms. The molecule has 4 heteroatoms. The van der Waals surface area contributed by atoms with Crippen LogP contribution in [-0.2, 0) is 9.53 Å². The molecule has 2 heterocycles. The van der Waals surface area contributed by atoms with Crippen LogP contribution in [0.25, 0.3) is 0 Å². The van der Waals surface area contributed by atoms with Gasteiger partial charge < -0.3 is 15.0 Å². The molecule has 0 saturated carbocycles. The van der Waals surface area contributed by atoms with Crippen molar-refractivity contribution in [2.24, 2.45) is 0 Å². The van der Waals surface area contributed by atoms with Crippen molar-refractivity contribution in [1.29, 1.82) is 0 Å². The summed E-state index contributed by atoms with van der Waals surface area (Å²) in [6, 6.07) is 9.31. The first-order valence-corrected chi connectivity index (χ1v) is 9.32. The Labute approximate surface area is 145 Å². The molecular weight excluding hydrogens is 300 g/mol. The number of ether oxygens (including phenoxy) is 1. The Kier molecular flexibility index (Phi) is 5.90. The minimum absolute atomic E-state index is 0.271. The zero-order chi connectivity index (χ0) is 16.9. The summed E-state index contributed by atoms with van der Waals surface area (Å²) in [7, 11) is 0. The zero-order valence-electron chi connectivity index (χ0n) is 15.0. The summed E-state index contributed by atoms with van der Waals surface area (Å²) < 4.78 is 5.34. The third-order valence-corrected chi connectivity index (χ3v) is 5.33. The molecule has 3 rings (SSSR count). The van der Waals surface area contributed by atoms with E-state index in [9.17, 15) is 4.79 Å². The third kappa shape index (κ3) is 4.37. The highest BCUT2D eigenvalue weighted by atomic mass is 16.5. The van der Waals surface area contributed by atoms with Crippen LogP contribution in [0.4, 0.5) is 0 Å². The molecule has 2 aliphatic heterocycles. The van der Waals surface area contributed by atoms with Crippen LogP contribution in [0.15, 0.2) is 24.3 Å². The van der Waals surface area contributed by atoms with Crippen LogP contribution >= 0.6 is 0 Å². The Morgan fingerprint density at radius 3 is 2.88 bits per heavy atom. The van der Waals surface area contributed by atoms with Crippen molar-refractivity contribution in [2.75, 3.05) is 32.8 Å². The fourth-order valence-corrected chi connectivity index (χ4v) is 3.79. The molecule has 2 fully saturated rings. The van der Waals surface area contributed by atoms with E-state index >= 15 is 0 Å². The van der Waals surface area contributed by atoms with Gasteiger partial charge in [-0.2, -0.15) is 0 Å². The fraction of sp³-hybridized carbons (Fsp3) is 0.650. The molecule has 24 heavy (non-hydrogen) atoms. The second-order valence-corrected chi connectivity index (χ2v) is 7.39. The number of benzene rings is 1. The Balaban J connectivity index is 1.59. The summed E-state index contributed by atoms with van der Waals surface area (Å²) in [6.07, 6.45) is 2.82. The minimum atomic E-state index is 0.271. The number of carbonyl (C=O) groups is 1. The fourth-order valence-electron chi connectivity index (χ4n) is 3.79. The van der Waals surface area contributed by atoms with Gasteiger partial charge in [-0.15, -0.1) is 0 Å². The molecule has 132 valence electrons. The molecule has 0 radical (unpaired) electrons. The molecule has 1 unspecified atom stereocenters. The summed E-state index contributed by atoms with van der Waals surface area (Å²) in [5.74, 6) is 1.39. The van der Waals surface area contributed by atoms with Gasteiger partial charge in [-0.3, -0.25) is 4.79 Å². The molecule has 2 atom stereocenters. The van der Waals surface area contributed by atoms with Gasteiger partial charge >= 0.3 is 0 Å². The number of rotatable bonds is 4. The summed E-state index contributed by atoms with van der Waals surface area (Å²) in [5.41, 5.74) is 2.85. The Hall–Kier alpha value is -1.39. The Bertz CT molecular complexity index is 552. The molecular formula is C20H30N2O2. The van der Waals surface area contributed by atoms with Crippen molar-refractivity contribution in [3.05, 3.63) is 35.4 Å². The maximum Gasteiger partial charge on any atom is 0.224 e. The lowest BCUT2D eigenvalue weighted by atomic mass is 9.84. The lowest BCUT2D eigenvalue weighted by Gasteiger charge is -2.33. The lowest BCUT2D eigenvalue weighted by molar-refractivity contribution is -0.135. The number of piperidine rings is 1. The smallest absolute Gasteiger partial charge is 0.224 e. The largest absolute Gasteiger partial charge is 0.378 e. The summed E-state index contributed by atoms with van der Waals surface area (Å²) in [4.78, 5) is 14.4. The second kappa shape index (κ2) is 8.13. The van der Waals surface area contributed by atoms with Crippen LogP contribution in [0, 0.1) is 0 Å². The van der Waals surface area contributed by atoms with Crippen molar-refractivity contribution in [2.45, 2.75) is 51.0 Å². The van der Waals surface area contributed by atoms with Gasteiger partial charge in [-0.1, -0.05) is 38.1 Å². The summed E-state index contributed by atoms with van der Waals surface area (Å²) in [6.45, 7) is 8.31. The van der Waals surface area contributed by atoms with Crippen LogP contribution in [0.2, 0.25) is 0 Å². The third-order valence-electron chi connectivity index (χ3n) is 5.33. The molecule has 4 nitrogen and oxygen atoms in total. The van der Waals surface area contributed by atoms with Gasteiger partial charge in [-0.05, 0) is 42.3 Å². The van der Waals surface area contributed by atoms with Gasteiger partial charge in [-0.25, -0.2) is 0 Å². The van der Waals surface area contributed by atoms with E-state index in [1.54, 1.807) is 0 Å². The van der Waals surface area contributed by atoms with Crippen LogP contribution in [0.1, 0.15) is 56.1 Å².